The number of rotatable bonds is 6. The summed E-state index contributed by atoms with van der Waals surface area (Å²) in [7, 11) is 1.33. The molecule has 1 amide bonds. The third kappa shape index (κ3) is 5.40. The Hall–Kier alpha value is -0.750. The molecule has 1 aliphatic heterocycles. The lowest BCUT2D eigenvalue weighted by molar-refractivity contribution is -0.142. The van der Waals surface area contributed by atoms with Gasteiger partial charge in [0.25, 0.3) is 0 Å². The first kappa shape index (κ1) is 16.3. The van der Waals surface area contributed by atoms with Crippen molar-refractivity contribution in [3.8, 4) is 0 Å². The van der Waals surface area contributed by atoms with Gasteiger partial charge in [-0.15, -0.1) is 0 Å². The molecule has 1 aliphatic rings. The molecule has 6 heteroatoms. The van der Waals surface area contributed by atoms with Crippen molar-refractivity contribution in [2.75, 3.05) is 25.2 Å². The van der Waals surface area contributed by atoms with Crippen LogP contribution in [0.3, 0.4) is 0 Å². The number of likely N-dealkylation sites (tertiary alicyclic amines) is 1. The second-order valence-electron chi connectivity index (χ2n) is 4.90. The van der Waals surface area contributed by atoms with Crippen molar-refractivity contribution >= 4 is 23.6 Å². The molecule has 2 atom stereocenters. The van der Waals surface area contributed by atoms with Gasteiger partial charge >= 0.3 is 5.97 Å². The van der Waals surface area contributed by atoms with E-state index < -0.39 is 12.0 Å². The van der Waals surface area contributed by atoms with Crippen LogP contribution in [0.5, 0.6) is 0 Å². The van der Waals surface area contributed by atoms with Crippen molar-refractivity contribution < 1.29 is 14.3 Å². The normalized spacial score (nSPS) is 21.0. The van der Waals surface area contributed by atoms with Crippen LogP contribution in [0, 0.1) is 0 Å². The maximum absolute atomic E-state index is 12.0. The van der Waals surface area contributed by atoms with Gasteiger partial charge in [0.1, 0.15) is 6.04 Å². The van der Waals surface area contributed by atoms with E-state index in [-0.39, 0.29) is 5.91 Å². The van der Waals surface area contributed by atoms with Gasteiger partial charge in [-0.25, -0.2) is 0 Å². The minimum atomic E-state index is -0.582. The largest absolute Gasteiger partial charge is 0.468 e. The molecule has 0 aromatic heterocycles. The third-order valence-corrected chi connectivity index (χ3v) is 4.40. The van der Waals surface area contributed by atoms with Crippen molar-refractivity contribution in [1.29, 1.82) is 0 Å². The fourth-order valence-corrected chi connectivity index (χ4v) is 3.10. The van der Waals surface area contributed by atoms with E-state index in [9.17, 15) is 9.59 Å². The minimum absolute atomic E-state index is 0.198. The first-order valence-electron chi connectivity index (χ1n) is 6.77. The van der Waals surface area contributed by atoms with Crippen LogP contribution in [-0.2, 0) is 14.3 Å². The van der Waals surface area contributed by atoms with Gasteiger partial charge in [-0.3, -0.25) is 9.59 Å². The average Bonchev–Trinajstić information content (AvgIpc) is 2.42. The molecular weight excluding hydrogens is 264 g/mol. The van der Waals surface area contributed by atoms with Crippen LogP contribution in [0.4, 0.5) is 0 Å². The molecule has 0 saturated carbocycles. The van der Waals surface area contributed by atoms with E-state index in [0.717, 1.165) is 19.4 Å². The molecule has 1 fully saturated rings. The number of nitrogens with zero attached hydrogens (tertiary/aromatic N) is 1. The highest BCUT2D eigenvalue weighted by molar-refractivity contribution is 7.99. The number of amides is 1. The summed E-state index contributed by atoms with van der Waals surface area (Å²) in [5.74, 6) is 0.975. The number of hydrogen-bond acceptors (Lipinski definition) is 5. The topological polar surface area (TPSA) is 72.6 Å². The number of carbonyl (C=O) groups is 2. The van der Waals surface area contributed by atoms with Gasteiger partial charge in [0.15, 0.2) is 0 Å². The second kappa shape index (κ2) is 8.43. The summed E-state index contributed by atoms with van der Waals surface area (Å²) in [6, 6.07) is -0.222. The number of thioether (sulfide) groups is 1. The SMILES string of the molecule is COC(=O)C(N)CCSCC(=O)N1CCCCC1C. The van der Waals surface area contributed by atoms with Crippen LogP contribution in [-0.4, -0.2) is 54.0 Å². The molecule has 0 aromatic rings. The van der Waals surface area contributed by atoms with Crippen LogP contribution in [0.1, 0.15) is 32.6 Å². The summed E-state index contributed by atoms with van der Waals surface area (Å²) < 4.78 is 4.55. The summed E-state index contributed by atoms with van der Waals surface area (Å²) in [6.45, 7) is 2.98. The van der Waals surface area contributed by atoms with E-state index in [4.69, 9.17) is 5.73 Å². The summed E-state index contributed by atoms with van der Waals surface area (Å²) >= 11 is 1.53. The summed E-state index contributed by atoms with van der Waals surface area (Å²) in [5, 5.41) is 0. The summed E-state index contributed by atoms with van der Waals surface area (Å²) in [5.41, 5.74) is 5.63. The van der Waals surface area contributed by atoms with E-state index >= 15 is 0 Å². The third-order valence-electron chi connectivity index (χ3n) is 3.43. The van der Waals surface area contributed by atoms with Crippen molar-refractivity contribution in [2.45, 2.75) is 44.7 Å². The Labute approximate surface area is 119 Å². The Morgan fingerprint density at radius 1 is 1.47 bits per heavy atom. The Bertz CT molecular complexity index is 312. The maximum Gasteiger partial charge on any atom is 0.322 e. The van der Waals surface area contributed by atoms with Crippen LogP contribution in [0.25, 0.3) is 0 Å². The first-order valence-corrected chi connectivity index (χ1v) is 7.92. The summed E-state index contributed by atoms with van der Waals surface area (Å²) in [6.07, 6.45) is 3.96. The molecule has 2 unspecified atom stereocenters. The van der Waals surface area contributed by atoms with Gasteiger partial charge in [-0.1, -0.05) is 0 Å². The number of nitrogens with two attached hydrogens (primary N) is 1. The Morgan fingerprint density at radius 3 is 2.84 bits per heavy atom. The molecule has 0 bridgehead atoms. The zero-order chi connectivity index (χ0) is 14.3. The Morgan fingerprint density at radius 2 is 2.21 bits per heavy atom. The lowest BCUT2D eigenvalue weighted by Gasteiger charge is -2.33. The van der Waals surface area contributed by atoms with Crippen LogP contribution < -0.4 is 5.73 Å². The fourth-order valence-electron chi connectivity index (χ4n) is 2.19. The lowest BCUT2D eigenvalue weighted by Crippen LogP contribution is -2.43. The van der Waals surface area contributed by atoms with Gasteiger partial charge in [-0.2, -0.15) is 11.8 Å². The first-order chi connectivity index (χ1) is 9.06. The highest BCUT2D eigenvalue weighted by Crippen LogP contribution is 2.18. The van der Waals surface area contributed by atoms with Crippen molar-refractivity contribution in [1.82, 2.24) is 4.90 Å². The monoisotopic (exact) mass is 288 g/mol. The van der Waals surface area contributed by atoms with E-state index in [0.29, 0.717) is 24.0 Å². The van der Waals surface area contributed by atoms with Crippen LogP contribution in [0.15, 0.2) is 0 Å². The van der Waals surface area contributed by atoms with E-state index in [2.05, 4.69) is 11.7 Å². The fraction of sp³-hybridized carbons (Fsp3) is 0.846. The molecule has 0 aliphatic carbocycles. The molecule has 0 aromatic carbocycles. The molecule has 2 N–H and O–H groups in total. The zero-order valence-corrected chi connectivity index (χ0v) is 12.6. The number of ether oxygens (including phenoxy) is 1. The van der Waals surface area contributed by atoms with E-state index in [1.54, 1.807) is 0 Å². The molecule has 19 heavy (non-hydrogen) atoms. The summed E-state index contributed by atoms with van der Waals surface area (Å²) in [4.78, 5) is 25.1. The molecule has 0 radical (unpaired) electrons. The average molecular weight is 288 g/mol. The van der Waals surface area contributed by atoms with E-state index in [1.165, 1.54) is 25.3 Å². The Balaban J connectivity index is 2.18. The quantitative estimate of drug-likeness (QED) is 0.583. The number of carbonyl (C=O) groups excluding carboxylic acids is 2. The number of piperidine rings is 1. The smallest absolute Gasteiger partial charge is 0.322 e. The van der Waals surface area contributed by atoms with Gasteiger partial charge in [-0.05, 0) is 38.4 Å². The predicted molar refractivity (Wildman–Crippen MR) is 77.0 cm³/mol. The number of methoxy groups -OCH3 is 1. The molecule has 110 valence electrons. The lowest BCUT2D eigenvalue weighted by atomic mass is 10.0. The molecule has 5 nitrogen and oxygen atoms in total. The van der Waals surface area contributed by atoms with Gasteiger partial charge in [0.2, 0.25) is 5.91 Å². The van der Waals surface area contributed by atoms with Crippen LogP contribution in [0.2, 0.25) is 0 Å². The second-order valence-corrected chi connectivity index (χ2v) is 6.01. The van der Waals surface area contributed by atoms with Crippen molar-refractivity contribution in [2.24, 2.45) is 5.73 Å². The standard InChI is InChI=1S/C13H24N2O3S/c1-10-5-3-4-7-15(10)12(16)9-19-8-6-11(14)13(17)18-2/h10-11H,3-9,14H2,1-2H3. The Kier molecular flexibility index (Phi) is 7.23. The number of esters is 1. The van der Waals surface area contributed by atoms with Crippen molar-refractivity contribution in [3.63, 3.8) is 0 Å². The number of hydrogen-bond donors (Lipinski definition) is 1. The molecule has 1 rings (SSSR count). The zero-order valence-electron chi connectivity index (χ0n) is 11.8. The highest BCUT2D eigenvalue weighted by Gasteiger charge is 2.22. The van der Waals surface area contributed by atoms with Gasteiger partial charge in [0.05, 0.1) is 12.9 Å². The highest BCUT2D eigenvalue weighted by atomic mass is 32.2. The predicted octanol–water partition coefficient (Wildman–Crippen LogP) is 1.01. The van der Waals surface area contributed by atoms with Gasteiger partial charge in [0, 0.05) is 12.6 Å². The molecule has 1 saturated heterocycles. The van der Waals surface area contributed by atoms with Crippen molar-refractivity contribution in [3.05, 3.63) is 0 Å². The van der Waals surface area contributed by atoms with Crippen LogP contribution >= 0.6 is 11.8 Å². The van der Waals surface area contributed by atoms with Gasteiger partial charge < -0.3 is 15.4 Å². The maximum atomic E-state index is 12.0. The molecule has 0 spiro atoms. The molecular formula is C13H24N2O3S. The minimum Gasteiger partial charge on any atom is -0.468 e. The van der Waals surface area contributed by atoms with E-state index in [1.807, 2.05) is 4.90 Å². The molecule has 1 heterocycles.